The molecule has 0 unspecified atom stereocenters. The Hall–Kier alpha value is -2.17. The van der Waals surface area contributed by atoms with Crippen LogP contribution in [0.1, 0.15) is 63.4 Å². The van der Waals surface area contributed by atoms with Gasteiger partial charge in [0.2, 0.25) is 0 Å². The highest BCUT2D eigenvalue weighted by molar-refractivity contribution is 6.30. The second kappa shape index (κ2) is 14.5. The maximum absolute atomic E-state index is 15.2. The Labute approximate surface area is 235 Å². The van der Waals surface area contributed by atoms with Crippen LogP contribution in [0.25, 0.3) is 0 Å². The van der Waals surface area contributed by atoms with Crippen LogP contribution in [0.4, 0.5) is 18.4 Å². The molecule has 39 heavy (non-hydrogen) atoms. The number of rotatable bonds is 11. The molecule has 3 atom stereocenters. The van der Waals surface area contributed by atoms with Crippen molar-refractivity contribution in [2.24, 2.45) is 11.8 Å². The summed E-state index contributed by atoms with van der Waals surface area (Å²) >= 11 is 6.07. The normalized spacial score (nSPS) is 24.1. The number of nitrogens with zero attached hydrogens (tertiary/aromatic N) is 2. The number of benzene rings is 1. The molecule has 220 valence electrons. The molecule has 0 radical (unpaired) electrons. The van der Waals surface area contributed by atoms with Gasteiger partial charge in [-0.3, -0.25) is 0 Å². The van der Waals surface area contributed by atoms with Gasteiger partial charge < -0.3 is 30.6 Å². The zero-order valence-corrected chi connectivity index (χ0v) is 23.7. The summed E-state index contributed by atoms with van der Waals surface area (Å²) in [6, 6.07) is 4.16. The SMILES string of the molecule is CNC[C@H](CC1CCC(F)CC1)NC(=O)N1CCC[C@@H]([C@@](O)(CCCN(C)C(=O)O)c2cccc(Cl)c2F)C1. The number of carbonyl (C=O) groups excluding carboxylic acids is 1. The molecule has 1 aromatic rings. The zero-order chi connectivity index (χ0) is 28.6. The lowest BCUT2D eigenvalue weighted by molar-refractivity contribution is -0.0586. The number of likely N-dealkylation sites (N-methyl/N-ethyl adjacent to an activating group) is 1. The summed E-state index contributed by atoms with van der Waals surface area (Å²) < 4.78 is 28.8. The van der Waals surface area contributed by atoms with E-state index in [1.807, 2.05) is 7.05 Å². The number of halogens is 3. The maximum atomic E-state index is 15.2. The maximum Gasteiger partial charge on any atom is 0.407 e. The van der Waals surface area contributed by atoms with E-state index in [9.17, 15) is 24.2 Å². The van der Waals surface area contributed by atoms with Crippen LogP contribution < -0.4 is 10.6 Å². The Morgan fingerprint density at radius 1 is 1.26 bits per heavy atom. The molecule has 4 N–H and O–H groups in total. The van der Waals surface area contributed by atoms with E-state index in [-0.39, 0.29) is 42.2 Å². The molecule has 0 spiro atoms. The average Bonchev–Trinajstić information content (AvgIpc) is 2.91. The van der Waals surface area contributed by atoms with Crippen LogP contribution in [0, 0.1) is 17.7 Å². The molecule has 2 fully saturated rings. The second-order valence-corrected chi connectivity index (χ2v) is 11.6. The van der Waals surface area contributed by atoms with E-state index < -0.39 is 29.6 Å². The van der Waals surface area contributed by atoms with Gasteiger partial charge in [-0.1, -0.05) is 23.7 Å². The van der Waals surface area contributed by atoms with Gasteiger partial charge in [-0.25, -0.2) is 18.4 Å². The highest BCUT2D eigenvalue weighted by Crippen LogP contribution is 2.41. The molecule has 3 amide bonds. The number of hydrogen-bond acceptors (Lipinski definition) is 4. The number of carbonyl (C=O) groups is 2. The molecule has 3 rings (SSSR count). The topological polar surface area (TPSA) is 105 Å². The van der Waals surface area contributed by atoms with Gasteiger partial charge in [-0.15, -0.1) is 0 Å². The second-order valence-electron chi connectivity index (χ2n) is 11.2. The Balaban J connectivity index is 1.73. The van der Waals surface area contributed by atoms with Crippen LogP contribution in [0.15, 0.2) is 18.2 Å². The molecule has 1 aliphatic carbocycles. The highest BCUT2D eigenvalue weighted by atomic mass is 35.5. The largest absolute Gasteiger partial charge is 0.465 e. The number of likely N-dealkylation sites (tertiary alicyclic amines) is 1. The molecule has 1 aliphatic heterocycles. The van der Waals surface area contributed by atoms with Crippen molar-refractivity contribution in [2.45, 2.75) is 75.6 Å². The van der Waals surface area contributed by atoms with Gasteiger partial charge in [-0.2, -0.15) is 0 Å². The van der Waals surface area contributed by atoms with Crippen molar-refractivity contribution >= 4 is 23.7 Å². The van der Waals surface area contributed by atoms with Crippen molar-refractivity contribution in [1.82, 2.24) is 20.4 Å². The van der Waals surface area contributed by atoms with Crippen molar-refractivity contribution in [1.29, 1.82) is 0 Å². The Morgan fingerprint density at radius 3 is 2.64 bits per heavy atom. The molecule has 8 nitrogen and oxygen atoms in total. The highest BCUT2D eigenvalue weighted by Gasteiger charge is 2.43. The number of carboxylic acid groups (broad SMARTS) is 1. The van der Waals surface area contributed by atoms with Crippen LogP contribution in [-0.2, 0) is 5.60 Å². The molecule has 0 bridgehead atoms. The Morgan fingerprint density at radius 2 is 1.97 bits per heavy atom. The summed E-state index contributed by atoms with van der Waals surface area (Å²) in [5.74, 6) is -0.806. The lowest BCUT2D eigenvalue weighted by Crippen LogP contribution is -2.54. The van der Waals surface area contributed by atoms with Crippen LogP contribution in [0.3, 0.4) is 0 Å². The van der Waals surface area contributed by atoms with Gasteiger partial charge in [0.05, 0.1) is 10.6 Å². The summed E-state index contributed by atoms with van der Waals surface area (Å²) in [5.41, 5.74) is -1.57. The minimum absolute atomic E-state index is 0.0664. The third kappa shape index (κ3) is 8.41. The minimum Gasteiger partial charge on any atom is -0.465 e. The number of aliphatic hydroxyl groups is 1. The molecule has 11 heteroatoms. The van der Waals surface area contributed by atoms with Crippen LogP contribution >= 0.6 is 11.6 Å². The third-order valence-electron chi connectivity index (χ3n) is 8.35. The van der Waals surface area contributed by atoms with Crippen molar-refractivity contribution in [3.8, 4) is 0 Å². The van der Waals surface area contributed by atoms with E-state index in [0.29, 0.717) is 51.1 Å². The standard InChI is InChI=1S/C28H43ClF2N4O4/c1-32-17-22(16-19-9-11-21(30)12-10-19)33-26(36)35-15-4-6-20(18-35)28(39,13-5-14-34(2)27(37)38)23-7-3-8-24(29)25(23)31/h3,7-8,19-22,32,39H,4-6,9-18H2,1-2H3,(H,33,36)(H,37,38)/t19?,20-,21?,22+,28+/m1/s1. The van der Waals surface area contributed by atoms with Crippen molar-refractivity contribution < 1.29 is 28.6 Å². The fourth-order valence-corrected chi connectivity index (χ4v) is 6.27. The van der Waals surface area contributed by atoms with Gasteiger partial charge in [0, 0.05) is 50.7 Å². The molecule has 1 aromatic carbocycles. The van der Waals surface area contributed by atoms with E-state index in [1.165, 1.54) is 19.2 Å². The first-order valence-electron chi connectivity index (χ1n) is 14.0. The van der Waals surface area contributed by atoms with Crippen molar-refractivity contribution in [2.75, 3.05) is 40.3 Å². The molecule has 1 heterocycles. The summed E-state index contributed by atoms with van der Waals surface area (Å²) in [7, 11) is 3.27. The zero-order valence-electron chi connectivity index (χ0n) is 23.0. The first-order chi connectivity index (χ1) is 18.5. The summed E-state index contributed by atoms with van der Waals surface area (Å²) in [6.07, 6.45) is 3.36. The van der Waals surface area contributed by atoms with Crippen LogP contribution in [0.5, 0.6) is 0 Å². The third-order valence-corrected chi connectivity index (χ3v) is 8.64. The summed E-state index contributed by atoms with van der Waals surface area (Å²) in [4.78, 5) is 27.4. The number of amides is 3. The van der Waals surface area contributed by atoms with Crippen molar-refractivity contribution in [3.05, 3.63) is 34.6 Å². The molecule has 2 aliphatic rings. The van der Waals surface area contributed by atoms with Gasteiger partial charge in [0.1, 0.15) is 12.0 Å². The first-order valence-corrected chi connectivity index (χ1v) is 14.4. The van der Waals surface area contributed by atoms with E-state index in [1.54, 1.807) is 11.0 Å². The molecule has 0 aromatic heterocycles. The average molecular weight is 573 g/mol. The Kier molecular flexibility index (Phi) is 11.6. The number of nitrogens with one attached hydrogen (secondary N) is 2. The lowest BCUT2D eigenvalue weighted by Gasteiger charge is -2.43. The minimum atomic E-state index is -1.64. The summed E-state index contributed by atoms with van der Waals surface area (Å²) in [6.45, 7) is 1.50. The van der Waals surface area contributed by atoms with Crippen LogP contribution in [0.2, 0.25) is 5.02 Å². The summed E-state index contributed by atoms with van der Waals surface area (Å²) in [5, 5.41) is 27.4. The number of piperidine rings is 1. The van der Waals surface area contributed by atoms with Gasteiger partial charge in [0.15, 0.2) is 0 Å². The quantitative estimate of drug-likeness (QED) is 0.299. The molecular formula is C28H43ClF2N4O4. The fourth-order valence-electron chi connectivity index (χ4n) is 6.10. The van der Waals surface area contributed by atoms with Crippen LogP contribution in [-0.4, -0.2) is 84.6 Å². The Bertz CT molecular complexity index is 965. The van der Waals surface area contributed by atoms with E-state index in [2.05, 4.69) is 10.6 Å². The fraction of sp³-hybridized carbons (Fsp3) is 0.714. The predicted octanol–water partition coefficient (Wildman–Crippen LogP) is 4.98. The molecule has 1 saturated carbocycles. The number of hydrogen-bond donors (Lipinski definition) is 4. The number of alkyl halides is 1. The monoisotopic (exact) mass is 572 g/mol. The van der Waals surface area contributed by atoms with Gasteiger partial charge >= 0.3 is 12.1 Å². The van der Waals surface area contributed by atoms with E-state index in [4.69, 9.17) is 11.6 Å². The molecular weight excluding hydrogens is 530 g/mol. The van der Waals surface area contributed by atoms with Gasteiger partial charge in [0.25, 0.3) is 0 Å². The lowest BCUT2D eigenvalue weighted by atomic mass is 9.74. The number of urea groups is 1. The van der Waals surface area contributed by atoms with Gasteiger partial charge in [-0.05, 0) is 76.8 Å². The first kappa shape index (κ1) is 31.4. The molecule has 1 saturated heterocycles. The smallest absolute Gasteiger partial charge is 0.407 e. The van der Waals surface area contributed by atoms with Crippen molar-refractivity contribution in [3.63, 3.8) is 0 Å². The predicted molar refractivity (Wildman–Crippen MR) is 147 cm³/mol. The van der Waals surface area contributed by atoms with E-state index >= 15 is 4.39 Å². The van der Waals surface area contributed by atoms with E-state index in [0.717, 1.165) is 24.2 Å².